The standard InChI is InChI=1S/C24H29NO5/c1-2-3-9-22(23(28)17-26)25-24(29)15-12-19(27)16-18-10-13-21(14-11-18)30-20-7-5-4-6-8-20/h4-8,10-11,13-14,22,26H,2-3,9,12,15-17H2,1H3,(H,25,29). The van der Waals surface area contributed by atoms with E-state index in [1.54, 1.807) is 12.1 Å². The molecule has 0 heterocycles. The third kappa shape index (κ3) is 8.17. The smallest absolute Gasteiger partial charge is 0.221 e. The molecule has 0 fully saturated rings. The van der Waals surface area contributed by atoms with Gasteiger partial charge in [-0.15, -0.1) is 0 Å². The number of para-hydroxylation sites is 1. The Labute approximate surface area is 177 Å². The maximum atomic E-state index is 12.2. The highest BCUT2D eigenvalue weighted by molar-refractivity contribution is 5.91. The molecule has 2 aromatic carbocycles. The monoisotopic (exact) mass is 411 g/mol. The predicted octanol–water partition coefficient (Wildman–Crippen LogP) is 3.61. The van der Waals surface area contributed by atoms with Crippen LogP contribution in [0, 0.1) is 0 Å². The third-order valence-electron chi connectivity index (χ3n) is 4.66. The molecule has 0 saturated heterocycles. The van der Waals surface area contributed by atoms with Gasteiger partial charge in [-0.2, -0.15) is 0 Å². The molecule has 2 rings (SSSR count). The van der Waals surface area contributed by atoms with E-state index in [0.29, 0.717) is 12.2 Å². The zero-order valence-electron chi connectivity index (χ0n) is 17.3. The van der Waals surface area contributed by atoms with Crippen molar-refractivity contribution in [2.24, 2.45) is 0 Å². The number of rotatable bonds is 13. The Morgan fingerprint density at radius 1 is 0.967 bits per heavy atom. The minimum Gasteiger partial charge on any atom is -0.457 e. The van der Waals surface area contributed by atoms with E-state index in [4.69, 9.17) is 9.84 Å². The third-order valence-corrected chi connectivity index (χ3v) is 4.66. The van der Waals surface area contributed by atoms with Crippen LogP contribution in [0.25, 0.3) is 0 Å². The summed E-state index contributed by atoms with van der Waals surface area (Å²) >= 11 is 0. The van der Waals surface area contributed by atoms with E-state index in [1.165, 1.54) is 0 Å². The Hall–Kier alpha value is -2.99. The summed E-state index contributed by atoms with van der Waals surface area (Å²) in [6.45, 7) is 1.39. The van der Waals surface area contributed by atoms with Crippen molar-refractivity contribution < 1.29 is 24.2 Å². The van der Waals surface area contributed by atoms with Crippen molar-refractivity contribution in [2.45, 2.75) is 51.5 Å². The first-order valence-corrected chi connectivity index (χ1v) is 10.3. The second-order valence-electron chi connectivity index (χ2n) is 7.16. The van der Waals surface area contributed by atoms with Crippen molar-refractivity contribution in [3.05, 3.63) is 60.2 Å². The zero-order chi connectivity index (χ0) is 21.8. The normalized spacial score (nSPS) is 11.5. The average molecular weight is 411 g/mol. The Balaban J connectivity index is 1.78. The van der Waals surface area contributed by atoms with Crippen LogP contribution < -0.4 is 10.1 Å². The first-order chi connectivity index (χ1) is 14.5. The molecule has 0 bridgehead atoms. The van der Waals surface area contributed by atoms with Crippen LogP contribution in [0.1, 0.15) is 44.6 Å². The fraction of sp³-hybridized carbons (Fsp3) is 0.375. The Bertz CT molecular complexity index is 817. The van der Waals surface area contributed by atoms with Crippen LogP contribution in [0.3, 0.4) is 0 Å². The molecule has 0 aliphatic heterocycles. The van der Waals surface area contributed by atoms with Gasteiger partial charge in [0.05, 0.1) is 6.04 Å². The molecule has 1 unspecified atom stereocenters. The van der Waals surface area contributed by atoms with Gasteiger partial charge in [0.2, 0.25) is 5.91 Å². The molecule has 0 radical (unpaired) electrons. The van der Waals surface area contributed by atoms with Crippen LogP contribution >= 0.6 is 0 Å². The van der Waals surface area contributed by atoms with Gasteiger partial charge < -0.3 is 15.2 Å². The summed E-state index contributed by atoms with van der Waals surface area (Å²) in [6, 6.07) is 16.0. The molecule has 6 heteroatoms. The molecule has 0 saturated carbocycles. The molecule has 0 aromatic heterocycles. The summed E-state index contributed by atoms with van der Waals surface area (Å²) in [4.78, 5) is 36.1. The SMILES string of the molecule is CCCCC(NC(=O)CCC(=O)Cc1ccc(Oc2ccccc2)cc1)C(=O)CO. The number of hydrogen-bond acceptors (Lipinski definition) is 5. The van der Waals surface area contributed by atoms with Crippen molar-refractivity contribution in [3.63, 3.8) is 0 Å². The fourth-order valence-electron chi connectivity index (χ4n) is 2.97. The van der Waals surface area contributed by atoms with Gasteiger partial charge >= 0.3 is 0 Å². The first-order valence-electron chi connectivity index (χ1n) is 10.3. The number of carbonyl (C=O) groups is 3. The summed E-state index contributed by atoms with van der Waals surface area (Å²) in [6.07, 6.45) is 2.51. The van der Waals surface area contributed by atoms with Crippen LogP contribution in [-0.2, 0) is 20.8 Å². The van der Waals surface area contributed by atoms with Crippen LogP contribution in [0.5, 0.6) is 11.5 Å². The van der Waals surface area contributed by atoms with E-state index in [-0.39, 0.29) is 31.0 Å². The number of aliphatic hydroxyl groups excluding tert-OH is 1. The zero-order valence-corrected chi connectivity index (χ0v) is 17.3. The van der Waals surface area contributed by atoms with E-state index < -0.39 is 18.4 Å². The minimum absolute atomic E-state index is 0.0232. The van der Waals surface area contributed by atoms with Gasteiger partial charge in [-0.1, -0.05) is 50.1 Å². The van der Waals surface area contributed by atoms with E-state index in [2.05, 4.69) is 5.32 Å². The van der Waals surface area contributed by atoms with Crippen LogP contribution in [0.2, 0.25) is 0 Å². The minimum atomic E-state index is -0.685. The lowest BCUT2D eigenvalue weighted by molar-refractivity contribution is -0.130. The quantitative estimate of drug-likeness (QED) is 0.525. The number of unbranched alkanes of at least 4 members (excludes halogenated alkanes) is 1. The van der Waals surface area contributed by atoms with Gasteiger partial charge in [-0.3, -0.25) is 14.4 Å². The summed E-state index contributed by atoms with van der Waals surface area (Å²) in [5.41, 5.74) is 0.845. The molecule has 0 spiro atoms. The summed E-state index contributed by atoms with van der Waals surface area (Å²) in [5.74, 6) is 0.618. The van der Waals surface area contributed by atoms with E-state index in [0.717, 1.165) is 24.2 Å². The molecular formula is C24H29NO5. The van der Waals surface area contributed by atoms with Gasteiger partial charge in [-0.25, -0.2) is 0 Å². The van der Waals surface area contributed by atoms with Gasteiger partial charge in [0.25, 0.3) is 0 Å². The predicted molar refractivity (Wildman–Crippen MR) is 114 cm³/mol. The molecule has 2 N–H and O–H groups in total. The van der Waals surface area contributed by atoms with Gasteiger partial charge in [-0.05, 0) is 36.2 Å². The molecule has 30 heavy (non-hydrogen) atoms. The van der Waals surface area contributed by atoms with Crippen LogP contribution in [-0.4, -0.2) is 35.2 Å². The molecule has 0 aliphatic carbocycles. The number of aliphatic hydroxyl groups is 1. The molecule has 1 atom stereocenters. The molecule has 2 aromatic rings. The van der Waals surface area contributed by atoms with Crippen LogP contribution in [0.15, 0.2) is 54.6 Å². The number of nitrogens with one attached hydrogen (secondary N) is 1. The Kier molecular flexibility index (Phi) is 9.74. The Morgan fingerprint density at radius 2 is 1.63 bits per heavy atom. The maximum Gasteiger partial charge on any atom is 0.221 e. The molecule has 1 amide bonds. The number of hydrogen-bond donors (Lipinski definition) is 2. The highest BCUT2D eigenvalue weighted by atomic mass is 16.5. The van der Waals surface area contributed by atoms with Gasteiger partial charge in [0, 0.05) is 19.3 Å². The summed E-state index contributed by atoms with van der Waals surface area (Å²) < 4.78 is 5.73. The van der Waals surface area contributed by atoms with Gasteiger partial charge in [0.1, 0.15) is 23.9 Å². The lowest BCUT2D eigenvalue weighted by atomic mass is 10.0. The average Bonchev–Trinajstić information content (AvgIpc) is 2.76. The topological polar surface area (TPSA) is 92.7 Å². The first kappa shape index (κ1) is 23.3. The second-order valence-corrected chi connectivity index (χ2v) is 7.16. The lowest BCUT2D eigenvalue weighted by Gasteiger charge is -2.16. The Morgan fingerprint density at radius 3 is 2.27 bits per heavy atom. The fourth-order valence-corrected chi connectivity index (χ4v) is 2.97. The molecule has 6 nitrogen and oxygen atoms in total. The van der Waals surface area contributed by atoms with Crippen molar-refractivity contribution in [3.8, 4) is 11.5 Å². The van der Waals surface area contributed by atoms with E-state index in [1.807, 2.05) is 49.4 Å². The van der Waals surface area contributed by atoms with E-state index in [9.17, 15) is 14.4 Å². The molecule has 0 aliphatic rings. The number of Topliss-reactive ketones (excluding diaryl/α,β-unsaturated/α-hetero) is 2. The largest absolute Gasteiger partial charge is 0.457 e. The van der Waals surface area contributed by atoms with E-state index >= 15 is 0 Å². The van der Waals surface area contributed by atoms with Crippen molar-refractivity contribution in [1.82, 2.24) is 5.32 Å². The number of ether oxygens (including phenoxy) is 1. The van der Waals surface area contributed by atoms with Crippen molar-refractivity contribution in [1.29, 1.82) is 0 Å². The van der Waals surface area contributed by atoms with Crippen molar-refractivity contribution in [2.75, 3.05) is 6.61 Å². The molecule has 160 valence electrons. The highest BCUT2D eigenvalue weighted by Crippen LogP contribution is 2.21. The highest BCUT2D eigenvalue weighted by Gasteiger charge is 2.19. The van der Waals surface area contributed by atoms with Gasteiger partial charge in [0.15, 0.2) is 5.78 Å². The van der Waals surface area contributed by atoms with Crippen molar-refractivity contribution >= 4 is 17.5 Å². The number of ketones is 2. The summed E-state index contributed by atoms with van der Waals surface area (Å²) in [5, 5.41) is 11.7. The number of carbonyl (C=O) groups excluding carboxylic acids is 3. The second kappa shape index (κ2) is 12.5. The number of benzene rings is 2. The number of amides is 1. The maximum absolute atomic E-state index is 12.2. The molecular weight excluding hydrogens is 382 g/mol. The lowest BCUT2D eigenvalue weighted by Crippen LogP contribution is -2.42. The summed E-state index contributed by atoms with van der Waals surface area (Å²) in [7, 11) is 0. The van der Waals surface area contributed by atoms with Crippen LogP contribution in [0.4, 0.5) is 0 Å².